The van der Waals surface area contributed by atoms with E-state index in [1.807, 2.05) is 13.0 Å². The van der Waals surface area contributed by atoms with Crippen molar-refractivity contribution in [3.63, 3.8) is 0 Å². The van der Waals surface area contributed by atoms with Crippen LogP contribution >= 0.6 is 23.4 Å². The van der Waals surface area contributed by atoms with Gasteiger partial charge in [-0.1, -0.05) is 24.6 Å². The molecule has 0 spiro atoms. The van der Waals surface area contributed by atoms with Crippen molar-refractivity contribution in [1.29, 1.82) is 0 Å². The van der Waals surface area contributed by atoms with E-state index in [0.29, 0.717) is 22.8 Å². The number of hydrogen-bond donors (Lipinski definition) is 3. The lowest BCUT2D eigenvalue weighted by Crippen LogP contribution is -2.24. The average molecular weight is 421 g/mol. The highest BCUT2D eigenvalue weighted by Crippen LogP contribution is 2.28. The van der Waals surface area contributed by atoms with Crippen LogP contribution in [0.2, 0.25) is 5.02 Å². The summed E-state index contributed by atoms with van der Waals surface area (Å²) in [5.74, 6) is -1.50. The molecule has 2 rings (SSSR count). The standard InChI is InChI=1S/C20H21ClN2O4S/c1-2-17(20(27)23-14-8-6-13(21)7-9-14)28-16-5-3-4-15(12-16)22-18(24)10-11-19(25)26/h3-9,12,17H,2,10-11H2,1H3,(H,22,24)(H,23,27)(H,25,26). The molecule has 0 aliphatic heterocycles. The van der Waals surface area contributed by atoms with E-state index in [0.717, 1.165) is 4.90 Å². The molecule has 148 valence electrons. The van der Waals surface area contributed by atoms with Gasteiger partial charge in [0, 0.05) is 27.7 Å². The first-order valence-electron chi connectivity index (χ1n) is 8.72. The Morgan fingerprint density at radius 2 is 1.75 bits per heavy atom. The maximum absolute atomic E-state index is 12.6. The van der Waals surface area contributed by atoms with Crippen molar-refractivity contribution in [3.8, 4) is 0 Å². The zero-order chi connectivity index (χ0) is 20.5. The SMILES string of the molecule is CCC(Sc1cccc(NC(=O)CCC(=O)O)c1)C(=O)Nc1ccc(Cl)cc1. The molecule has 0 saturated heterocycles. The Hall–Kier alpha value is -2.51. The molecule has 0 fully saturated rings. The number of carboxylic acid groups (broad SMARTS) is 1. The van der Waals surface area contributed by atoms with Gasteiger partial charge >= 0.3 is 5.97 Å². The van der Waals surface area contributed by atoms with Crippen LogP contribution in [-0.2, 0) is 14.4 Å². The molecule has 28 heavy (non-hydrogen) atoms. The highest BCUT2D eigenvalue weighted by molar-refractivity contribution is 8.00. The molecule has 0 aliphatic carbocycles. The molecule has 0 radical (unpaired) electrons. The Balaban J connectivity index is 1.98. The van der Waals surface area contributed by atoms with Crippen LogP contribution in [-0.4, -0.2) is 28.1 Å². The number of aliphatic carboxylic acids is 1. The van der Waals surface area contributed by atoms with Crippen molar-refractivity contribution >= 4 is 52.5 Å². The first-order chi connectivity index (χ1) is 13.4. The van der Waals surface area contributed by atoms with Crippen molar-refractivity contribution in [1.82, 2.24) is 0 Å². The first kappa shape index (κ1) is 21.8. The van der Waals surface area contributed by atoms with Gasteiger partial charge in [0.2, 0.25) is 11.8 Å². The summed E-state index contributed by atoms with van der Waals surface area (Å²) < 4.78 is 0. The fourth-order valence-electron chi connectivity index (χ4n) is 2.33. The van der Waals surface area contributed by atoms with Crippen LogP contribution in [0.4, 0.5) is 11.4 Å². The molecule has 2 aromatic carbocycles. The molecule has 2 amide bonds. The molecule has 1 unspecified atom stereocenters. The quantitative estimate of drug-likeness (QED) is 0.513. The van der Waals surface area contributed by atoms with E-state index in [-0.39, 0.29) is 29.9 Å². The highest BCUT2D eigenvalue weighted by atomic mass is 35.5. The van der Waals surface area contributed by atoms with Crippen LogP contribution < -0.4 is 10.6 Å². The van der Waals surface area contributed by atoms with Gasteiger partial charge in [-0.25, -0.2) is 0 Å². The van der Waals surface area contributed by atoms with E-state index in [1.165, 1.54) is 11.8 Å². The van der Waals surface area contributed by atoms with Gasteiger partial charge in [-0.05, 0) is 48.9 Å². The van der Waals surface area contributed by atoms with Gasteiger partial charge in [0.05, 0.1) is 11.7 Å². The van der Waals surface area contributed by atoms with Gasteiger partial charge in [0.25, 0.3) is 0 Å². The summed E-state index contributed by atoms with van der Waals surface area (Å²) in [5, 5.41) is 14.5. The van der Waals surface area contributed by atoms with E-state index >= 15 is 0 Å². The van der Waals surface area contributed by atoms with E-state index in [1.54, 1.807) is 42.5 Å². The summed E-state index contributed by atoms with van der Waals surface area (Å²) >= 11 is 7.25. The van der Waals surface area contributed by atoms with E-state index < -0.39 is 5.97 Å². The lowest BCUT2D eigenvalue weighted by Gasteiger charge is -2.15. The summed E-state index contributed by atoms with van der Waals surface area (Å²) in [5.41, 5.74) is 1.24. The fourth-order valence-corrected chi connectivity index (χ4v) is 3.47. The Kier molecular flexibility index (Phi) is 8.35. The maximum Gasteiger partial charge on any atom is 0.303 e. The molecular weight excluding hydrogens is 400 g/mol. The van der Waals surface area contributed by atoms with Crippen molar-refractivity contribution in [2.24, 2.45) is 0 Å². The van der Waals surface area contributed by atoms with Crippen molar-refractivity contribution in [2.75, 3.05) is 10.6 Å². The predicted octanol–water partition coefficient (Wildman–Crippen LogP) is 4.65. The van der Waals surface area contributed by atoms with Crippen molar-refractivity contribution < 1.29 is 19.5 Å². The van der Waals surface area contributed by atoms with Crippen LogP contribution in [0.15, 0.2) is 53.4 Å². The number of thioether (sulfide) groups is 1. The zero-order valence-corrected chi connectivity index (χ0v) is 16.8. The fraction of sp³-hybridized carbons (Fsp3) is 0.250. The number of nitrogens with one attached hydrogen (secondary N) is 2. The van der Waals surface area contributed by atoms with Crippen molar-refractivity contribution in [2.45, 2.75) is 36.3 Å². The number of halogens is 1. The van der Waals surface area contributed by atoms with Crippen molar-refractivity contribution in [3.05, 3.63) is 53.6 Å². The van der Waals surface area contributed by atoms with Crippen LogP contribution in [0.3, 0.4) is 0 Å². The molecule has 0 aromatic heterocycles. The van der Waals surface area contributed by atoms with E-state index in [2.05, 4.69) is 10.6 Å². The molecule has 0 saturated carbocycles. The third-order valence-electron chi connectivity index (χ3n) is 3.74. The largest absolute Gasteiger partial charge is 0.481 e. The maximum atomic E-state index is 12.6. The summed E-state index contributed by atoms with van der Waals surface area (Å²) in [4.78, 5) is 35.7. The number of benzene rings is 2. The lowest BCUT2D eigenvalue weighted by atomic mass is 10.2. The number of rotatable bonds is 9. The summed E-state index contributed by atoms with van der Waals surface area (Å²) in [6, 6.07) is 14.0. The number of hydrogen-bond acceptors (Lipinski definition) is 4. The number of carbonyl (C=O) groups is 3. The summed E-state index contributed by atoms with van der Waals surface area (Å²) in [6.07, 6.45) is 0.316. The molecule has 0 bridgehead atoms. The smallest absolute Gasteiger partial charge is 0.303 e. The van der Waals surface area contributed by atoms with E-state index in [4.69, 9.17) is 16.7 Å². The third-order valence-corrected chi connectivity index (χ3v) is 5.35. The Labute approximate surface area is 172 Å². The van der Waals surface area contributed by atoms with Crippen LogP contribution in [0.5, 0.6) is 0 Å². The van der Waals surface area contributed by atoms with Crippen LogP contribution in [0, 0.1) is 0 Å². The minimum Gasteiger partial charge on any atom is -0.481 e. The topological polar surface area (TPSA) is 95.5 Å². The van der Waals surface area contributed by atoms with Gasteiger partial charge in [-0.2, -0.15) is 0 Å². The number of amides is 2. The lowest BCUT2D eigenvalue weighted by molar-refractivity contribution is -0.138. The Morgan fingerprint density at radius 1 is 1.04 bits per heavy atom. The molecule has 8 heteroatoms. The molecular formula is C20H21ClN2O4S. The van der Waals surface area contributed by atoms with Crippen LogP contribution in [0.25, 0.3) is 0 Å². The molecule has 1 atom stereocenters. The number of carbonyl (C=O) groups excluding carboxylic acids is 2. The summed E-state index contributed by atoms with van der Waals surface area (Å²) in [6.45, 7) is 1.93. The van der Waals surface area contributed by atoms with Gasteiger partial charge in [-0.15, -0.1) is 11.8 Å². The molecule has 0 heterocycles. The number of carboxylic acids is 1. The predicted molar refractivity (Wildman–Crippen MR) is 112 cm³/mol. The minimum absolute atomic E-state index is 0.0895. The van der Waals surface area contributed by atoms with Crippen LogP contribution in [0.1, 0.15) is 26.2 Å². The Bertz CT molecular complexity index is 842. The van der Waals surface area contributed by atoms with Gasteiger partial charge in [0.15, 0.2) is 0 Å². The van der Waals surface area contributed by atoms with Gasteiger partial charge in [0.1, 0.15) is 0 Å². The monoisotopic (exact) mass is 420 g/mol. The third kappa shape index (κ3) is 7.25. The average Bonchev–Trinajstić information content (AvgIpc) is 2.66. The van der Waals surface area contributed by atoms with E-state index in [9.17, 15) is 14.4 Å². The molecule has 3 N–H and O–H groups in total. The normalized spacial score (nSPS) is 11.5. The zero-order valence-electron chi connectivity index (χ0n) is 15.3. The first-order valence-corrected chi connectivity index (χ1v) is 9.98. The molecule has 2 aromatic rings. The second kappa shape index (κ2) is 10.7. The number of anilines is 2. The minimum atomic E-state index is -1.02. The second-order valence-electron chi connectivity index (χ2n) is 5.98. The highest BCUT2D eigenvalue weighted by Gasteiger charge is 2.18. The van der Waals surface area contributed by atoms with Gasteiger partial charge < -0.3 is 15.7 Å². The summed E-state index contributed by atoms with van der Waals surface area (Å²) in [7, 11) is 0. The van der Waals surface area contributed by atoms with Gasteiger partial charge in [-0.3, -0.25) is 14.4 Å². The second-order valence-corrected chi connectivity index (χ2v) is 7.69. The Morgan fingerprint density at radius 3 is 2.39 bits per heavy atom. The molecule has 0 aliphatic rings. The molecule has 6 nitrogen and oxygen atoms in total.